The summed E-state index contributed by atoms with van der Waals surface area (Å²) in [5, 5.41) is 2.88. The molecule has 1 unspecified atom stereocenters. The van der Waals surface area contributed by atoms with Crippen molar-refractivity contribution in [2.75, 3.05) is 13.1 Å². The van der Waals surface area contributed by atoms with Gasteiger partial charge in [0.05, 0.1) is 6.04 Å². The van der Waals surface area contributed by atoms with E-state index in [9.17, 15) is 4.79 Å². The normalized spacial score (nSPS) is 30.1. The second kappa shape index (κ2) is 1.75. The molecule has 2 heterocycles. The first-order chi connectivity index (χ1) is 4.77. The Balaban J connectivity index is 2.27. The summed E-state index contributed by atoms with van der Waals surface area (Å²) in [7, 11) is 0. The van der Waals surface area contributed by atoms with Crippen LogP contribution in [0.3, 0.4) is 0 Å². The van der Waals surface area contributed by atoms with Crippen molar-refractivity contribution in [3.8, 4) is 0 Å². The summed E-state index contributed by atoms with van der Waals surface area (Å²) in [6.45, 7) is 3.71. The first kappa shape index (κ1) is 5.77. The third-order valence-corrected chi connectivity index (χ3v) is 2.17. The van der Waals surface area contributed by atoms with Crippen molar-refractivity contribution in [2.24, 2.45) is 0 Å². The molecule has 2 aliphatic heterocycles. The van der Waals surface area contributed by atoms with Gasteiger partial charge >= 0.3 is 6.03 Å². The van der Waals surface area contributed by atoms with Gasteiger partial charge in [-0.1, -0.05) is 11.6 Å². The van der Waals surface area contributed by atoms with E-state index in [2.05, 4.69) is 18.3 Å². The molecule has 2 aliphatic rings. The van der Waals surface area contributed by atoms with E-state index in [1.165, 1.54) is 5.57 Å². The molecule has 2 bridgehead atoms. The van der Waals surface area contributed by atoms with Gasteiger partial charge in [-0.2, -0.15) is 0 Å². The smallest absolute Gasteiger partial charge is 0.318 e. The first-order valence-corrected chi connectivity index (χ1v) is 3.49. The molecule has 0 spiro atoms. The minimum Gasteiger partial charge on any atom is -0.330 e. The largest absolute Gasteiger partial charge is 0.330 e. The van der Waals surface area contributed by atoms with E-state index in [-0.39, 0.29) is 6.03 Å². The Morgan fingerprint density at radius 2 is 2.60 bits per heavy atom. The molecule has 1 atom stereocenters. The van der Waals surface area contributed by atoms with Crippen molar-refractivity contribution in [1.29, 1.82) is 0 Å². The maximum atomic E-state index is 11.0. The molecular formula is C7H10N2O. The summed E-state index contributed by atoms with van der Waals surface area (Å²) < 4.78 is 0. The summed E-state index contributed by atoms with van der Waals surface area (Å²) in [5.41, 5.74) is 1.29. The van der Waals surface area contributed by atoms with Crippen molar-refractivity contribution < 1.29 is 4.79 Å². The number of nitrogens with zero attached hydrogens (tertiary/aromatic N) is 1. The van der Waals surface area contributed by atoms with Crippen LogP contribution in [-0.2, 0) is 0 Å². The summed E-state index contributed by atoms with van der Waals surface area (Å²) in [6, 6.07) is 0.374. The van der Waals surface area contributed by atoms with Crippen LogP contribution < -0.4 is 5.32 Å². The van der Waals surface area contributed by atoms with Gasteiger partial charge in [-0.15, -0.1) is 0 Å². The molecule has 3 nitrogen and oxygen atoms in total. The third-order valence-electron chi connectivity index (χ3n) is 2.17. The Labute approximate surface area is 59.7 Å². The van der Waals surface area contributed by atoms with Crippen molar-refractivity contribution in [3.63, 3.8) is 0 Å². The summed E-state index contributed by atoms with van der Waals surface area (Å²) >= 11 is 0. The molecule has 54 valence electrons. The maximum Gasteiger partial charge on any atom is 0.318 e. The van der Waals surface area contributed by atoms with Crippen LogP contribution in [0.4, 0.5) is 4.79 Å². The highest BCUT2D eigenvalue weighted by Gasteiger charge is 2.31. The lowest BCUT2D eigenvalue weighted by atomic mass is 10.1. The number of fused-ring (bicyclic) bond motifs is 2. The van der Waals surface area contributed by atoms with Crippen LogP contribution in [0.25, 0.3) is 0 Å². The van der Waals surface area contributed by atoms with E-state index in [4.69, 9.17) is 0 Å². The fourth-order valence-corrected chi connectivity index (χ4v) is 1.40. The second-order valence-electron chi connectivity index (χ2n) is 2.86. The molecular weight excluding hydrogens is 128 g/mol. The van der Waals surface area contributed by atoms with Gasteiger partial charge in [-0.3, -0.25) is 0 Å². The fraction of sp³-hybridized carbons (Fsp3) is 0.571. The average molecular weight is 138 g/mol. The van der Waals surface area contributed by atoms with Crippen LogP contribution in [0.5, 0.6) is 0 Å². The highest BCUT2D eigenvalue weighted by Crippen LogP contribution is 2.16. The van der Waals surface area contributed by atoms with E-state index in [1.807, 2.05) is 4.90 Å². The number of hydrogen-bond acceptors (Lipinski definition) is 1. The predicted octanol–water partition coefficient (Wildman–Crippen LogP) is 0.340. The van der Waals surface area contributed by atoms with Gasteiger partial charge in [0.2, 0.25) is 0 Å². The lowest BCUT2D eigenvalue weighted by Gasteiger charge is -2.17. The number of hydrogen-bond donors (Lipinski definition) is 1. The first-order valence-electron chi connectivity index (χ1n) is 3.49. The molecule has 0 aromatic rings. The standard InChI is InChI=1S/C7H10N2O/c1-5-2-3-9-4-6(5)8-7(9)10/h2,6H,3-4H2,1H3,(H,8,10). The van der Waals surface area contributed by atoms with Crippen LogP contribution in [0, 0.1) is 0 Å². The minimum atomic E-state index is 0.0816. The highest BCUT2D eigenvalue weighted by atomic mass is 16.2. The highest BCUT2D eigenvalue weighted by molar-refractivity contribution is 5.78. The zero-order valence-electron chi connectivity index (χ0n) is 5.92. The maximum absolute atomic E-state index is 11.0. The number of rotatable bonds is 0. The Bertz CT molecular complexity index is 210. The quantitative estimate of drug-likeness (QED) is 0.481. The summed E-state index contributed by atoms with van der Waals surface area (Å²) in [5.74, 6) is 0. The molecule has 0 aromatic heterocycles. The third kappa shape index (κ3) is 0.632. The lowest BCUT2D eigenvalue weighted by molar-refractivity contribution is 0.221. The van der Waals surface area contributed by atoms with E-state index in [0.717, 1.165) is 13.1 Å². The number of amides is 2. The van der Waals surface area contributed by atoms with Gasteiger partial charge in [0, 0.05) is 13.1 Å². The molecule has 1 saturated heterocycles. The Hall–Kier alpha value is -0.990. The van der Waals surface area contributed by atoms with Crippen molar-refractivity contribution in [2.45, 2.75) is 13.0 Å². The Morgan fingerprint density at radius 3 is 3.30 bits per heavy atom. The fourth-order valence-electron chi connectivity index (χ4n) is 1.40. The molecule has 10 heavy (non-hydrogen) atoms. The van der Waals surface area contributed by atoms with Gasteiger partial charge in [0.1, 0.15) is 0 Å². The number of carbonyl (C=O) groups excluding carboxylic acids is 1. The van der Waals surface area contributed by atoms with Crippen LogP contribution >= 0.6 is 0 Å². The van der Waals surface area contributed by atoms with Gasteiger partial charge < -0.3 is 10.2 Å². The topological polar surface area (TPSA) is 32.3 Å². The number of urea groups is 1. The molecule has 0 radical (unpaired) electrons. The van der Waals surface area contributed by atoms with E-state index in [0.29, 0.717) is 6.04 Å². The van der Waals surface area contributed by atoms with Crippen molar-refractivity contribution >= 4 is 6.03 Å². The molecule has 0 saturated carbocycles. The number of carbonyl (C=O) groups is 1. The van der Waals surface area contributed by atoms with Crippen molar-refractivity contribution in [3.05, 3.63) is 11.6 Å². The number of nitrogens with one attached hydrogen (secondary N) is 1. The average Bonchev–Trinajstić information content (AvgIpc) is 2.21. The lowest BCUT2D eigenvalue weighted by Crippen LogP contribution is -2.28. The van der Waals surface area contributed by atoms with Gasteiger partial charge in [0.25, 0.3) is 0 Å². The Kier molecular flexibility index (Phi) is 1.01. The van der Waals surface area contributed by atoms with E-state index >= 15 is 0 Å². The van der Waals surface area contributed by atoms with Crippen LogP contribution in [0.1, 0.15) is 6.92 Å². The SMILES string of the molecule is CC1=CCN2CC1NC2=O. The molecule has 2 rings (SSSR count). The van der Waals surface area contributed by atoms with Crippen LogP contribution in [0.2, 0.25) is 0 Å². The second-order valence-corrected chi connectivity index (χ2v) is 2.86. The van der Waals surface area contributed by atoms with Crippen LogP contribution in [0.15, 0.2) is 11.6 Å². The molecule has 2 amide bonds. The summed E-state index contributed by atoms with van der Waals surface area (Å²) in [4.78, 5) is 12.8. The van der Waals surface area contributed by atoms with Crippen LogP contribution in [-0.4, -0.2) is 30.1 Å². The molecule has 1 fully saturated rings. The molecule has 1 N–H and O–H groups in total. The minimum absolute atomic E-state index is 0.0816. The zero-order chi connectivity index (χ0) is 7.14. The van der Waals surface area contributed by atoms with Gasteiger partial charge in [0.15, 0.2) is 0 Å². The zero-order valence-corrected chi connectivity index (χ0v) is 5.92. The monoisotopic (exact) mass is 138 g/mol. The predicted molar refractivity (Wildman–Crippen MR) is 37.6 cm³/mol. The summed E-state index contributed by atoms with van der Waals surface area (Å²) in [6.07, 6.45) is 2.10. The molecule has 3 heteroatoms. The molecule has 0 aromatic carbocycles. The van der Waals surface area contributed by atoms with E-state index in [1.54, 1.807) is 0 Å². The Morgan fingerprint density at radius 1 is 1.80 bits per heavy atom. The van der Waals surface area contributed by atoms with Gasteiger partial charge in [-0.25, -0.2) is 4.79 Å². The van der Waals surface area contributed by atoms with Gasteiger partial charge in [-0.05, 0) is 6.92 Å². The van der Waals surface area contributed by atoms with Crippen molar-refractivity contribution in [1.82, 2.24) is 10.2 Å². The van der Waals surface area contributed by atoms with E-state index < -0.39 is 0 Å². The molecule has 0 aliphatic carbocycles.